The van der Waals surface area contributed by atoms with Crippen LogP contribution in [0.4, 0.5) is 5.69 Å². The maximum Gasteiger partial charge on any atom is 0.237 e. The summed E-state index contributed by atoms with van der Waals surface area (Å²) in [7, 11) is 0. The van der Waals surface area contributed by atoms with Crippen LogP contribution in [-0.4, -0.2) is 38.4 Å². The number of nitrogens with zero attached hydrogens (tertiary/aromatic N) is 4. The van der Waals surface area contributed by atoms with Gasteiger partial charge < -0.3 is 15.2 Å². The van der Waals surface area contributed by atoms with Gasteiger partial charge in [0.2, 0.25) is 11.8 Å². The maximum atomic E-state index is 13.0. The number of carbonyl (C=O) groups is 2. The lowest BCUT2D eigenvalue weighted by Gasteiger charge is -2.22. The zero-order valence-electron chi connectivity index (χ0n) is 15.9. The van der Waals surface area contributed by atoms with E-state index in [-0.39, 0.29) is 30.0 Å². The van der Waals surface area contributed by atoms with Gasteiger partial charge in [-0.05, 0) is 36.4 Å². The van der Waals surface area contributed by atoms with Crippen molar-refractivity contribution in [3.63, 3.8) is 0 Å². The number of hydrogen-bond donors (Lipinski definition) is 1. The zero-order valence-corrected chi connectivity index (χ0v) is 17.6. The standard InChI is InChI=1S/C20H21N5O2S2/c1-13-11-14-5-2-3-6-15(14)25(13)18(27)12-29-20-23-22-19(16-7-4-10-28-16)24(20)9-8-17(21)26/h2-7,10,13H,8-9,11-12H2,1H3,(H2,21,26)/t13-/m1/s1. The van der Waals surface area contributed by atoms with E-state index in [0.29, 0.717) is 17.5 Å². The third kappa shape index (κ3) is 4.06. The molecule has 0 radical (unpaired) electrons. The van der Waals surface area contributed by atoms with E-state index in [2.05, 4.69) is 23.2 Å². The zero-order chi connectivity index (χ0) is 20.4. The molecule has 0 saturated heterocycles. The Bertz CT molecular complexity index is 1030. The number of para-hydroxylation sites is 1. The molecule has 2 aromatic heterocycles. The number of thioether (sulfide) groups is 1. The quantitative estimate of drug-likeness (QED) is 0.585. The van der Waals surface area contributed by atoms with Gasteiger partial charge in [0.1, 0.15) is 0 Å². The summed E-state index contributed by atoms with van der Waals surface area (Å²) in [6, 6.07) is 12.0. The summed E-state index contributed by atoms with van der Waals surface area (Å²) < 4.78 is 1.87. The number of amides is 2. The molecule has 1 aromatic carbocycles. The highest BCUT2D eigenvalue weighted by molar-refractivity contribution is 7.99. The van der Waals surface area contributed by atoms with Crippen LogP contribution in [0.15, 0.2) is 46.9 Å². The second-order valence-corrected chi connectivity index (χ2v) is 8.78. The van der Waals surface area contributed by atoms with Gasteiger partial charge in [0.15, 0.2) is 11.0 Å². The Labute approximate surface area is 176 Å². The van der Waals surface area contributed by atoms with E-state index < -0.39 is 0 Å². The van der Waals surface area contributed by atoms with E-state index >= 15 is 0 Å². The van der Waals surface area contributed by atoms with Gasteiger partial charge in [-0.15, -0.1) is 21.5 Å². The lowest BCUT2D eigenvalue weighted by molar-refractivity contribution is -0.118. The molecular weight excluding hydrogens is 406 g/mol. The molecule has 1 atom stereocenters. The molecule has 0 bridgehead atoms. The first-order chi connectivity index (χ1) is 14.0. The van der Waals surface area contributed by atoms with Gasteiger partial charge >= 0.3 is 0 Å². The first-order valence-electron chi connectivity index (χ1n) is 9.32. The van der Waals surface area contributed by atoms with Crippen LogP contribution in [0.2, 0.25) is 0 Å². The molecule has 0 spiro atoms. The smallest absolute Gasteiger partial charge is 0.237 e. The Morgan fingerprint density at radius 2 is 2.07 bits per heavy atom. The molecule has 7 nitrogen and oxygen atoms in total. The normalized spacial score (nSPS) is 15.5. The highest BCUT2D eigenvalue weighted by atomic mass is 32.2. The predicted molar refractivity (Wildman–Crippen MR) is 115 cm³/mol. The average Bonchev–Trinajstić information content (AvgIpc) is 3.41. The Morgan fingerprint density at radius 3 is 2.83 bits per heavy atom. The second kappa shape index (κ2) is 8.38. The minimum Gasteiger partial charge on any atom is -0.370 e. The Balaban J connectivity index is 1.52. The van der Waals surface area contributed by atoms with Crippen molar-refractivity contribution < 1.29 is 9.59 Å². The number of hydrogen-bond acceptors (Lipinski definition) is 6. The molecule has 1 aliphatic heterocycles. The fourth-order valence-electron chi connectivity index (χ4n) is 3.55. The molecule has 2 N–H and O–H groups in total. The molecule has 2 amide bonds. The van der Waals surface area contributed by atoms with Crippen LogP contribution in [0.5, 0.6) is 0 Å². The summed E-state index contributed by atoms with van der Waals surface area (Å²) in [4.78, 5) is 27.1. The van der Waals surface area contributed by atoms with Crippen molar-refractivity contribution in [3.05, 3.63) is 47.3 Å². The van der Waals surface area contributed by atoms with E-state index in [9.17, 15) is 9.59 Å². The van der Waals surface area contributed by atoms with Crippen molar-refractivity contribution in [3.8, 4) is 10.7 Å². The Hall–Kier alpha value is -2.65. The van der Waals surface area contributed by atoms with Crippen LogP contribution in [0.1, 0.15) is 18.9 Å². The van der Waals surface area contributed by atoms with Crippen LogP contribution < -0.4 is 10.6 Å². The van der Waals surface area contributed by atoms with Crippen molar-refractivity contribution in [1.82, 2.24) is 14.8 Å². The largest absolute Gasteiger partial charge is 0.370 e. The van der Waals surface area contributed by atoms with E-state index in [0.717, 1.165) is 17.0 Å². The molecule has 29 heavy (non-hydrogen) atoms. The van der Waals surface area contributed by atoms with E-state index in [1.54, 1.807) is 11.3 Å². The molecule has 1 aliphatic rings. The minimum absolute atomic E-state index is 0.0366. The molecular formula is C20H21N5O2S2. The Morgan fingerprint density at radius 1 is 1.24 bits per heavy atom. The monoisotopic (exact) mass is 427 g/mol. The van der Waals surface area contributed by atoms with Crippen molar-refractivity contribution in [2.75, 3.05) is 10.7 Å². The number of primary amides is 1. The number of benzene rings is 1. The van der Waals surface area contributed by atoms with Crippen molar-refractivity contribution in [2.24, 2.45) is 5.73 Å². The van der Waals surface area contributed by atoms with Gasteiger partial charge in [-0.1, -0.05) is 36.0 Å². The van der Waals surface area contributed by atoms with Gasteiger partial charge in [0.25, 0.3) is 0 Å². The fourth-order valence-corrected chi connectivity index (χ4v) is 5.09. The molecule has 0 aliphatic carbocycles. The molecule has 0 unspecified atom stereocenters. The number of nitrogens with two attached hydrogens (primary N) is 1. The summed E-state index contributed by atoms with van der Waals surface area (Å²) in [5, 5.41) is 11.1. The van der Waals surface area contributed by atoms with Crippen LogP contribution in [0.25, 0.3) is 10.7 Å². The SMILES string of the molecule is C[C@@H]1Cc2ccccc2N1C(=O)CSc1nnc(-c2cccs2)n1CCC(N)=O. The second-order valence-electron chi connectivity index (χ2n) is 6.89. The van der Waals surface area contributed by atoms with Crippen LogP contribution in [0.3, 0.4) is 0 Å². The number of anilines is 1. The van der Waals surface area contributed by atoms with Crippen LogP contribution in [0, 0.1) is 0 Å². The number of aromatic nitrogens is 3. The lowest BCUT2D eigenvalue weighted by Crippen LogP contribution is -2.37. The van der Waals surface area contributed by atoms with Crippen LogP contribution >= 0.6 is 23.1 Å². The third-order valence-electron chi connectivity index (χ3n) is 4.84. The summed E-state index contributed by atoms with van der Waals surface area (Å²) in [6.45, 7) is 2.45. The van der Waals surface area contributed by atoms with E-state index in [1.165, 1.54) is 17.3 Å². The van der Waals surface area contributed by atoms with Gasteiger partial charge in [-0.3, -0.25) is 9.59 Å². The maximum absolute atomic E-state index is 13.0. The molecule has 4 rings (SSSR count). The Kier molecular flexibility index (Phi) is 5.68. The highest BCUT2D eigenvalue weighted by Gasteiger charge is 2.30. The van der Waals surface area contributed by atoms with Crippen molar-refractivity contribution in [1.29, 1.82) is 0 Å². The topological polar surface area (TPSA) is 94.1 Å². The number of rotatable bonds is 7. The molecule has 3 aromatic rings. The summed E-state index contributed by atoms with van der Waals surface area (Å²) in [5.74, 6) is 0.591. The summed E-state index contributed by atoms with van der Waals surface area (Å²) in [6.07, 6.45) is 1.05. The average molecular weight is 428 g/mol. The first kappa shape index (κ1) is 19.7. The van der Waals surface area contributed by atoms with E-state index in [4.69, 9.17) is 5.73 Å². The van der Waals surface area contributed by atoms with Crippen molar-refractivity contribution >= 4 is 40.6 Å². The van der Waals surface area contributed by atoms with Crippen molar-refractivity contribution in [2.45, 2.75) is 37.5 Å². The summed E-state index contributed by atoms with van der Waals surface area (Å²) in [5.41, 5.74) is 7.52. The number of thiophene rings is 1. The van der Waals surface area contributed by atoms with E-state index in [1.807, 2.05) is 45.2 Å². The van der Waals surface area contributed by atoms with Crippen LogP contribution in [-0.2, 0) is 22.6 Å². The van der Waals surface area contributed by atoms with Gasteiger partial charge in [0.05, 0.1) is 10.6 Å². The van der Waals surface area contributed by atoms with Gasteiger partial charge in [-0.25, -0.2) is 0 Å². The molecule has 150 valence electrons. The molecule has 0 saturated carbocycles. The fraction of sp³-hybridized carbons (Fsp3) is 0.300. The predicted octanol–water partition coefficient (Wildman–Crippen LogP) is 2.95. The summed E-state index contributed by atoms with van der Waals surface area (Å²) >= 11 is 2.89. The minimum atomic E-state index is -0.384. The lowest BCUT2D eigenvalue weighted by atomic mass is 10.1. The van der Waals surface area contributed by atoms with Gasteiger partial charge in [-0.2, -0.15) is 0 Å². The molecule has 3 heterocycles. The highest BCUT2D eigenvalue weighted by Crippen LogP contribution is 2.33. The first-order valence-corrected chi connectivity index (χ1v) is 11.2. The van der Waals surface area contributed by atoms with Gasteiger partial charge in [0, 0.05) is 24.7 Å². The number of fused-ring (bicyclic) bond motifs is 1. The molecule has 9 heteroatoms. The molecule has 0 fully saturated rings. The third-order valence-corrected chi connectivity index (χ3v) is 6.66. The number of carbonyl (C=O) groups excluding carboxylic acids is 2.